The Morgan fingerprint density at radius 1 is 0.426 bits per heavy atom. The summed E-state index contributed by atoms with van der Waals surface area (Å²) in [6, 6.07) is 64.3. The summed E-state index contributed by atoms with van der Waals surface area (Å²) < 4.78 is 9.02. The van der Waals surface area contributed by atoms with Crippen LogP contribution in [0.4, 0.5) is 0 Å². The Balaban J connectivity index is 1.10. The van der Waals surface area contributed by atoms with Gasteiger partial charge in [-0.3, -0.25) is 0 Å². The number of furan rings is 1. The zero-order valence-electron chi connectivity index (χ0n) is 29.0. The van der Waals surface area contributed by atoms with Crippen molar-refractivity contribution in [3.8, 4) is 56.0 Å². The SMILES string of the molecule is c1ccc(-c2cccc(-c3cccc4c3oc3cccc(-c5nc(-c6ccc7cc(-c8ccccc8)ccc7c6)c6sc7ccccc7c6n5)c34)c2)cc1. The Bertz CT molecular complexity index is 3220. The van der Waals surface area contributed by atoms with E-state index in [1.54, 1.807) is 11.3 Å². The van der Waals surface area contributed by atoms with E-state index in [0.29, 0.717) is 5.82 Å². The van der Waals surface area contributed by atoms with Crippen LogP contribution in [0.5, 0.6) is 0 Å². The molecule has 11 aromatic rings. The average molecular weight is 707 g/mol. The van der Waals surface area contributed by atoms with E-state index in [1.165, 1.54) is 37.7 Å². The van der Waals surface area contributed by atoms with Gasteiger partial charge in [0.1, 0.15) is 11.2 Å². The molecule has 0 fully saturated rings. The van der Waals surface area contributed by atoms with Gasteiger partial charge >= 0.3 is 0 Å². The molecule has 0 aliphatic rings. The number of rotatable bonds is 5. The van der Waals surface area contributed by atoms with Crippen LogP contribution >= 0.6 is 11.3 Å². The first-order chi connectivity index (χ1) is 26.7. The summed E-state index contributed by atoms with van der Waals surface area (Å²) in [7, 11) is 0. The molecular formula is C50H30N2OS. The third-order valence-electron chi connectivity index (χ3n) is 10.5. The van der Waals surface area contributed by atoms with Crippen molar-refractivity contribution in [3.05, 3.63) is 182 Å². The van der Waals surface area contributed by atoms with E-state index in [4.69, 9.17) is 14.4 Å². The highest BCUT2D eigenvalue weighted by Gasteiger charge is 2.21. The van der Waals surface area contributed by atoms with Gasteiger partial charge in [-0.05, 0) is 68.9 Å². The molecular weight excluding hydrogens is 677 g/mol. The minimum Gasteiger partial charge on any atom is -0.455 e. The van der Waals surface area contributed by atoms with Gasteiger partial charge in [0.2, 0.25) is 0 Å². The summed E-state index contributed by atoms with van der Waals surface area (Å²) in [6.07, 6.45) is 0. The lowest BCUT2D eigenvalue weighted by Crippen LogP contribution is -1.94. The normalized spacial score (nSPS) is 11.7. The Morgan fingerprint density at radius 3 is 1.85 bits per heavy atom. The van der Waals surface area contributed by atoms with E-state index in [0.717, 1.165) is 65.5 Å². The van der Waals surface area contributed by atoms with Crippen LogP contribution in [0.1, 0.15) is 0 Å². The molecule has 3 nitrogen and oxygen atoms in total. The molecule has 0 radical (unpaired) electrons. The van der Waals surface area contributed by atoms with Crippen LogP contribution in [0.25, 0.3) is 109 Å². The van der Waals surface area contributed by atoms with E-state index in [2.05, 4.69) is 182 Å². The van der Waals surface area contributed by atoms with E-state index < -0.39 is 0 Å². The largest absolute Gasteiger partial charge is 0.455 e. The second-order valence-corrected chi connectivity index (χ2v) is 14.8. The third-order valence-corrected chi connectivity index (χ3v) is 11.7. The van der Waals surface area contributed by atoms with Crippen molar-refractivity contribution in [3.63, 3.8) is 0 Å². The second-order valence-electron chi connectivity index (χ2n) is 13.7. The summed E-state index contributed by atoms with van der Waals surface area (Å²) in [5.74, 6) is 0.686. The zero-order valence-corrected chi connectivity index (χ0v) is 29.8. The maximum atomic E-state index is 6.74. The highest BCUT2D eigenvalue weighted by atomic mass is 32.1. The summed E-state index contributed by atoms with van der Waals surface area (Å²) in [5, 5.41) is 5.57. The molecule has 54 heavy (non-hydrogen) atoms. The smallest absolute Gasteiger partial charge is 0.161 e. The number of para-hydroxylation sites is 1. The monoisotopic (exact) mass is 706 g/mol. The number of hydrogen-bond donors (Lipinski definition) is 0. The van der Waals surface area contributed by atoms with Crippen LogP contribution < -0.4 is 0 Å². The predicted octanol–water partition coefficient (Wildman–Crippen LogP) is 14.2. The maximum Gasteiger partial charge on any atom is 0.161 e. The molecule has 0 spiro atoms. The highest BCUT2D eigenvalue weighted by Crippen LogP contribution is 2.44. The van der Waals surface area contributed by atoms with Crippen molar-refractivity contribution in [2.45, 2.75) is 0 Å². The lowest BCUT2D eigenvalue weighted by Gasteiger charge is -2.10. The number of hydrogen-bond acceptors (Lipinski definition) is 4. The van der Waals surface area contributed by atoms with Crippen molar-refractivity contribution in [2.75, 3.05) is 0 Å². The molecule has 0 N–H and O–H groups in total. The van der Waals surface area contributed by atoms with Gasteiger partial charge in [-0.2, -0.15) is 0 Å². The van der Waals surface area contributed by atoms with Crippen LogP contribution in [0.2, 0.25) is 0 Å². The standard InChI is InChI=1S/C50H30N2OS/c1-3-12-31(13-4-1)33-16-9-17-37(29-33)39-19-10-20-41-45-42(21-11-22-43(45)53-48(39)41)50-51-46(49-47(52-50)40-18-7-8-23-44(40)54-49)38-27-26-35-28-34(24-25-36(35)30-38)32-14-5-2-6-15-32/h1-30H. The van der Waals surface area contributed by atoms with Gasteiger partial charge < -0.3 is 4.42 Å². The average Bonchev–Trinajstić information content (AvgIpc) is 3.82. The number of nitrogens with zero attached hydrogens (tertiary/aromatic N) is 2. The van der Waals surface area contributed by atoms with Gasteiger partial charge in [-0.15, -0.1) is 11.3 Å². The quantitative estimate of drug-likeness (QED) is 0.179. The van der Waals surface area contributed by atoms with Crippen molar-refractivity contribution in [2.24, 2.45) is 0 Å². The molecule has 4 heteroatoms. The van der Waals surface area contributed by atoms with Crippen LogP contribution in [-0.2, 0) is 0 Å². The molecule has 0 saturated carbocycles. The third kappa shape index (κ3) is 5.03. The minimum absolute atomic E-state index is 0.686. The first kappa shape index (κ1) is 30.7. The number of fused-ring (bicyclic) bond motifs is 7. The van der Waals surface area contributed by atoms with Crippen LogP contribution in [-0.4, -0.2) is 9.97 Å². The maximum absolute atomic E-state index is 6.74. The van der Waals surface area contributed by atoms with Crippen LogP contribution in [0, 0.1) is 0 Å². The molecule has 0 amide bonds. The summed E-state index contributed by atoms with van der Waals surface area (Å²) >= 11 is 1.76. The molecule has 11 rings (SSSR count). The Morgan fingerprint density at radius 2 is 1.04 bits per heavy atom. The highest BCUT2D eigenvalue weighted by molar-refractivity contribution is 7.26. The number of aromatic nitrogens is 2. The molecule has 8 aromatic carbocycles. The van der Waals surface area contributed by atoms with E-state index in [9.17, 15) is 0 Å². The zero-order chi connectivity index (χ0) is 35.6. The van der Waals surface area contributed by atoms with Crippen LogP contribution in [0.3, 0.4) is 0 Å². The molecule has 252 valence electrons. The van der Waals surface area contributed by atoms with Gasteiger partial charge in [-0.25, -0.2) is 9.97 Å². The summed E-state index contributed by atoms with van der Waals surface area (Å²) in [6.45, 7) is 0. The Hall–Kier alpha value is -6.88. The van der Waals surface area contributed by atoms with Gasteiger partial charge in [0.25, 0.3) is 0 Å². The van der Waals surface area contributed by atoms with Gasteiger partial charge in [0, 0.05) is 37.5 Å². The minimum atomic E-state index is 0.686. The van der Waals surface area contributed by atoms with Crippen LogP contribution in [0.15, 0.2) is 186 Å². The fraction of sp³-hybridized carbons (Fsp3) is 0. The molecule has 0 aliphatic carbocycles. The van der Waals surface area contributed by atoms with Crippen molar-refractivity contribution in [1.82, 2.24) is 9.97 Å². The lowest BCUT2D eigenvalue weighted by molar-refractivity contribution is 0.670. The molecule has 0 saturated heterocycles. The van der Waals surface area contributed by atoms with E-state index >= 15 is 0 Å². The fourth-order valence-electron chi connectivity index (χ4n) is 7.87. The molecule has 0 bridgehead atoms. The fourth-order valence-corrected chi connectivity index (χ4v) is 9.02. The van der Waals surface area contributed by atoms with Gasteiger partial charge in [0.15, 0.2) is 5.82 Å². The predicted molar refractivity (Wildman–Crippen MR) is 227 cm³/mol. The molecule has 0 atom stereocenters. The van der Waals surface area contributed by atoms with E-state index in [1.807, 2.05) is 0 Å². The summed E-state index contributed by atoms with van der Waals surface area (Å²) in [5.41, 5.74) is 12.5. The lowest BCUT2D eigenvalue weighted by atomic mass is 9.97. The van der Waals surface area contributed by atoms with Crippen molar-refractivity contribution < 1.29 is 4.42 Å². The molecule has 0 unspecified atom stereocenters. The topological polar surface area (TPSA) is 38.9 Å². The number of benzene rings is 8. The number of thiophene rings is 1. The van der Waals surface area contributed by atoms with Gasteiger partial charge in [0.05, 0.1) is 15.9 Å². The first-order valence-electron chi connectivity index (χ1n) is 18.1. The Kier molecular flexibility index (Phi) is 7.04. The summed E-state index contributed by atoms with van der Waals surface area (Å²) in [4.78, 5) is 10.8. The van der Waals surface area contributed by atoms with Crippen molar-refractivity contribution in [1.29, 1.82) is 0 Å². The molecule has 3 heterocycles. The molecule has 3 aromatic heterocycles. The Labute approximate surface area is 315 Å². The molecule has 0 aliphatic heterocycles. The van der Waals surface area contributed by atoms with Crippen molar-refractivity contribution >= 4 is 64.4 Å². The first-order valence-corrected chi connectivity index (χ1v) is 19.0. The second kappa shape index (κ2) is 12.4. The van der Waals surface area contributed by atoms with Gasteiger partial charge in [-0.1, -0.05) is 152 Å². The van der Waals surface area contributed by atoms with E-state index in [-0.39, 0.29) is 0 Å².